The lowest BCUT2D eigenvalue weighted by atomic mass is 9.78. The van der Waals surface area contributed by atoms with Gasteiger partial charge in [-0.3, -0.25) is 0 Å². The van der Waals surface area contributed by atoms with Crippen molar-refractivity contribution in [3.8, 4) is 5.75 Å². The molecule has 0 heterocycles. The minimum Gasteiger partial charge on any atom is -0.508 e. The molecule has 0 amide bonds. The molecule has 2 atom stereocenters. The lowest BCUT2D eigenvalue weighted by molar-refractivity contribution is 0.318. The number of benzene rings is 1. The SMILES string of the molecule is CC.CCC(C)CCC(C)C/C=C(/N)CO.CCC1CCC(c2ccc(O)cc2)CC1. The van der Waals surface area contributed by atoms with E-state index in [0.717, 1.165) is 24.2 Å². The molecule has 4 N–H and O–H groups in total. The molecule has 1 aliphatic rings. The molecule has 0 aliphatic heterocycles. The minimum absolute atomic E-state index is 0.0158. The number of aliphatic hydroxyl groups is 1. The maximum Gasteiger partial charge on any atom is 0.115 e. The molecule has 0 spiro atoms. The maximum atomic E-state index is 9.24. The molecule has 1 aromatic rings. The second kappa shape index (κ2) is 18.1. The largest absolute Gasteiger partial charge is 0.508 e. The second-order valence-corrected chi connectivity index (χ2v) is 9.09. The van der Waals surface area contributed by atoms with Crippen molar-refractivity contribution in [1.29, 1.82) is 0 Å². The topological polar surface area (TPSA) is 66.5 Å². The summed E-state index contributed by atoms with van der Waals surface area (Å²) in [6.45, 7) is 13.1. The molecule has 3 heteroatoms. The van der Waals surface area contributed by atoms with Crippen molar-refractivity contribution >= 4 is 0 Å². The molecule has 2 rings (SSSR count). The molecule has 1 aromatic carbocycles. The number of hydrogen-bond acceptors (Lipinski definition) is 3. The van der Waals surface area contributed by atoms with Crippen LogP contribution in [0.5, 0.6) is 5.75 Å². The summed E-state index contributed by atoms with van der Waals surface area (Å²) in [5, 5.41) is 17.9. The van der Waals surface area contributed by atoms with Crippen LogP contribution in [-0.2, 0) is 0 Å². The van der Waals surface area contributed by atoms with Crippen LogP contribution in [0.15, 0.2) is 36.0 Å². The quantitative estimate of drug-likeness (QED) is 0.372. The van der Waals surface area contributed by atoms with Crippen molar-refractivity contribution in [1.82, 2.24) is 0 Å². The Balaban J connectivity index is 0.000000540. The Hall–Kier alpha value is -1.48. The van der Waals surface area contributed by atoms with Gasteiger partial charge in [0.25, 0.3) is 0 Å². The number of aliphatic hydroxyl groups excluding tert-OH is 1. The van der Waals surface area contributed by atoms with Gasteiger partial charge in [-0.2, -0.15) is 0 Å². The van der Waals surface area contributed by atoms with Gasteiger partial charge in [-0.1, -0.05) is 85.4 Å². The summed E-state index contributed by atoms with van der Waals surface area (Å²) in [5.74, 6) is 3.57. The first-order valence-corrected chi connectivity index (χ1v) is 12.7. The highest BCUT2D eigenvalue weighted by atomic mass is 16.3. The average molecular weight is 434 g/mol. The van der Waals surface area contributed by atoms with Crippen molar-refractivity contribution in [2.75, 3.05) is 6.61 Å². The van der Waals surface area contributed by atoms with Crippen LogP contribution in [0, 0.1) is 17.8 Å². The molecule has 1 aliphatic carbocycles. The summed E-state index contributed by atoms with van der Waals surface area (Å²) in [4.78, 5) is 0. The van der Waals surface area contributed by atoms with E-state index in [1.165, 1.54) is 56.9 Å². The van der Waals surface area contributed by atoms with Crippen molar-refractivity contribution in [2.24, 2.45) is 23.5 Å². The van der Waals surface area contributed by atoms with E-state index in [1.54, 1.807) is 12.1 Å². The zero-order chi connectivity index (χ0) is 23.6. The van der Waals surface area contributed by atoms with E-state index in [2.05, 4.69) is 39.8 Å². The molecule has 2 unspecified atom stereocenters. The van der Waals surface area contributed by atoms with Crippen LogP contribution in [-0.4, -0.2) is 16.8 Å². The number of hydrogen-bond donors (Lipinski definition) is 3. The van der Waals surface area contributed by atoms with Gasteiger partial charge in [0, 0.05) is 5.70 Å². The van der Waals surface area contributed by atoms with Gasteiger partial charge >= 0.3 is 0 Å². The van der Waals surface area contributed by atoms with Gasteiger partial charge in [0.05, 0.1) is 6.61 Å². The third-order valence-corrected chi connectivity index (χ3v) is 6.60. The fourth-order valence-corrected chi connectivity index (χ4v) is 3.96. The molecular weight excluding hydrogens is 382 g/mol. The number of aromatic hydroxyl groups is 1. The fourth-order valence-electron chi connectivity index (χ4n) is 3.96. The van der Waals surface area contributed by atoms with E-state index >= 15 is 0 Å². The molecule has 3 nitrogen and oxygen atoms in total. The van der Waals surface area contributed by atoms with Gasteiger partial charge < -0.3 is 15.9 Å². The molecule has 1 fully saturated rings. The lowest BCUT2D eigenvalue weighted by Crippen LogP contribution is -2.12. The Bertz CT molecular complexity index is 559. The predicted octanol–water partition coefficient (Wildman–Crippen LogP) is 7.78. The molecular formula is C28H51NO2. The first-order chi connectivity index (χ1) is 14.9. The Labute approximate surface area is 193 Å². The Morgan fingerprint density at radius 3 is 2.03 bits per heavy atom. The highest BCUT2D eigenvalue weighted by Gasteiger charge is 2.20. The third-order valence-electron chi connectivity index (χ3n) is 6.60. The molecule has 0 saturated heterocycles. The normalized spacial score (nSPS) is 20.5. The van der Waals surface area contributed by atoms with Gasteiger partial charge in [-0.15, -0.1) is 0 Å². The molecule has 180 valence electrons. The summed E-state index contributed by atoms with van der Waals surface area (Å²) in [7, 11) is 0. The average Bonchev–Trinajstić information content (AvgIpc) is 2.83. The predicted molar refractivity (Wildman–Crippen MR) is 136 cm³/mol. The highest BCUT2D eigenvalue weighted by Crippen LogP contribution is 2.37. The summed E-state index contributed by atoms with van der Waals surface area (Å²) in [6.07, 6.45) is 13.5. The van der Waals surface area contributed by atoms with E-state index in [0.29, 0.717) is 17.4 Å². The first-order valence-electron chi connectivity index (χ1n) is 12.7. The second-order valence-electron chi connectivity index (χ2n) is 9.09. The number of rotatable bonds is 9. The van der Waals surface area contributed by atoms with E-state index in [4.69, 9.17) is 10.8 Å². The highest BCUT2D eigenvalue weighted by molar-refractivity contribution is 5.28. The van der Waals surface area contributed by atoms with Gasteiger partial charge in [0.1, 0.15) is 5.75 Å². The monoisotopic (exact) mass is 433 g/mol. The van der Waals surface area contributed by atoms with Crippen molar-refractivity contribution in [2.45, 2.75) is 105 Å². The lowest BCUT2D eigenvalue weighted by Gasteiger charge is -2.28. The number of phenols is 1. The summed E-state index contributed by atoms with van der Waals surface area (Å²) in [5.41, 5.74) is 7.52. The Morgan fingerprint density at radius 2 is 1.55 bits per heavy atom. The molecule has 31 heavy (non-hydrogen) atoms. The Morgan fingerprint density at radius 1 is 1.00 bits per heavy atom. The van der Waals surface area contributed by atoms with Crippen LogP contribution in [0.4, 0.5) is 0 Å². The van der Waals surface area contributed by atoms with Crippen LogP contribution >= 0.6 is 0 Å². The first kappa shape index (κ1) is 29.5. The van der Waals surface area contributed by atoms with Gasteiger partial charge in [0.15, 0.2) is 0 Å². The van der Waals surface area contributed by atoms with Gasteiger partial charge in [-0.25, -0.2) is 0 Å². The van der Waals surface area contributed by atoms with Crippen LogP contribution in [0.3, 0.4) is 0 Å². The molecule has 0 radical (unpaired) electrons. The van der Waals surface area contributed by atoms with E-state index in [1.807, 2.05) is 19.9 Å². The molecule has 0 aromatic heterocycles. The fraction of sp³-hybridized carbons (Fsp3) is 0.714. The standard InChI is InChI=1S/C14H20O.C12H25NO.C2H6/c1-2-11-3-5-12(6-4-11)13-7-9-14(15)10-8-13;1-4-10(2)5-6-11(3)7-8-12(13)9-14;1-2/h7-12,15H,2-6H2,1H3;8,10-11,14H,4-7,9,13H2,1-3H3;1-2H3/b;12-8+;. The zero-order valence-corrected chi connectivity index (χ0v) is 21.2. The van der Waals surface area contributed by atoms with Crippen molar-refractivity contribution in [3.63, 3.8) is 0 Å². The van der Waals surface area contributed by atoms with Crippen LogP contribution in [0.25, 0.3) is 0 Å². The van der Waals surface area contributed by atoms with Gasteiger partial charge in [0.2, 0.25) is 0 Å². The maximum absolute atomic E-state index is 9.24. The number of phenolic OH excluding ortho intramolecular Hbond substituents is 1. The minimum atomic E-state index is -0.0158. The van der Waals surface area contributed by atoms with E-state index < -0.39 is 0 Å². The Kier molecular flexibility index (Phi) is 17.3. The van der Waals surface area contributed by atoms with E-state index in [9.17, 15) is 5.11 Å². The number of nitrogens with two attached hydrogens (primary N) is 1. The summed E-state index contributed by atoms with van der Waals surface area (Å²) < 4.78 is 0. The van der Waals surface area contributed by atoms with Crippen molar-refractivity contribution < 1.29 is 10.2 Å². The molecule has 1 saturated carbocycles. The third kappa shape index (κ3) is 13.5. The van der Waals surface area contributed by atoms with E-state index in [-0.39, 0.29) is 6.61 Å². The van der Waals surface area contributed by atoms with Crippen molar-refractivity contribution in [3.05, 3.63) is 41.6 Å². The summed E-state index contributed by atoms with van der Waals surface area (Å²) >= 11 is 0. The van der Waals surface area contributed by atoms with Crippen LogP contribution in [0.1, 0.15) is 111 Å². The van der Waals surface area contributed by atoms with Crippen LogP contribution < -0.4 is 5.73 Å². The van der Waals surface area contributed by atoms with Gasteiger partial charge in [-0.05, 0) is 73.5 Å². The zero-order valence-electron chi connectivity index (χ0n) is 21.2. The smallest absolute Gasteiger partial charge is 0.115 e. The molecule has 0 bridgehead atoms. The summed E-state index contributed by atoms with van der Waals surface area (Å²) in [6, 6.07) is 7.76. The van der Waals surface area contributed by atoms with Crippen LogP contribution in [0.2, 0.25) is 0 Å². The number of allylic oxidation sites excluding steroid dienone is 1.